The van der Waals surface area contributed by atoms with Crippen LogP contribution in [0.25, 0.3) is 0 Å². The van der Waals surface area contributed by atoms with Crippen LogP contribution in [0.4, 0.5) is 0 Å². The van der Waals surface area contributed by atoms with Gasteiger partial charge in [0.05, 0.1) is 6.21 Å². The third-order valence-electron chi connectivity index (χ3n) is 2.80. The van der Waals surface area contributed by atoms with Gasteiger partial charge in [0.2, 0.25) is 0 Å². The molecule has 1 aromatic rings. The molecule has 1 rings (SSSR count). The van der Waals surface area contributed by atoms with Crippen molar-refractivity contribution >= 4 is 12.2 Å². The Hall–Kier alpha value is -1.84. The van der Waals surface area contributed by atoms with Gasteiger partial charge in [-0.3, -0.25) is 4.79 Å². The highest BCUT2D eigenvalue weighted by molar-refractivity contribution is 5.84. The number of aryl methyl sites for hydroxylation is 2. The summed E-state index contributed by atoms with van der Waals surface area (Å²) in [5.74, 6) is -0.304. The lowest BCUT2D eigenvalue weighted by Crippen LogP contribution is -2.06. The second-order valence-electron chi connectivity index (χ2n) is 4.05. The fourth-order valence-corrected chi connectivity index (χ4v) is 1.90. The Morgan fingerprint density at radius 2 is 2.06 bits per heavy atom. The molecule has 0 amide bonds. The minimum absolute atomic E-state index is 0.250. The number of esters is 1. The lowest BCUT2D eigenvalue weighted by Gasteiger charge is -2.14. The van der Waals surface area contributed by atoms with E-state index in [9.17, 15) is 4.79 Å². The van der Waals surface area contributed by atoms with Gasteiger partial charge in [-0.25, -0.2) is 0 Å². The van der Waals surface area contributed by atoms with E-state index in [1.54, 1.807) is 0 Å². The second-order valence-corrected chi connectivity index (χ2v) is 4.05. The molecule has 4 nitrogen and oxygen atoms in total. The zero-order valence-corrected chi connectivity index (χ0v) is 10.6. The molecule has 0 heterocycles. The SMILES string of the molecule is CC(=O)OCc1c(C)cc(C)c(/C=N\O)c1C. The number of oxime groups is 1. The van der Waals surface area contributed by atoms with Crippen molar-refractivity contribution in [3.05, 3.63) is 33.9 Å². The van der Waals surface area contributed by atoms with E-state index in [0.717, 1.165) is 27.8 Å². The number of benzene rings is 1. The molecule has 1 aromatic carbocycles. The van der Waals surface area contributed by atoms with Gasteiger partial charge in [-0.1, -0.05) is 11.2 Å². The molecule has 0 aliphatic carbocycles. The van der Waals surface area contributed by atoms with Crippen molar-refractivity contribution in [2.75, 3.05) is 0 Å². The number of carbonyl (C=O) groups is 1. The van der Waals surface area contributed by atoms with Gasteiger partial charge in [0, 0.05) is 12.5 Å². The standard InChI is InChI=1S/C13H17NO3/c1-8-5-9(2)13(7-17-11(4)15)10(3)12(8)6-14-16/h5-6,16H,7H2,1-4H3/b14-6-. The number of hydrogen-bond acceptors (Lipinski definition) is 4. The van der Waals surface area contributed by atoms with E-state index in [-0.39, 0.29) is 12.6 Å². The maximum absolute atomic E-state index is 10.8. The zero-order chi connectivity index (χ0) is 13.0. The minimum Gasteiger partial charge on any atom is -0.461 e. The molecule has 0 atom stereocenters. The Kier molecular flexibility index (Phi) is 4.26. The van der Waals surface area contributed by atoms with Crippen LogP contribution < -0.4 is 0 Å². The molecular weight excluding hydrogens is 218 g/mol. The van der Waals surface area contributed by atoms with Gasteiger partial charge in [0.25, 0.3) is 0 Å². The summed E-state index contributed by atoms with van der Waals surface area (Å²) in [6.45, 7) is 7.48. The highest BCUT2D eigenvalue weighted by Gasteiger charge is 2.10. The van der Waals surface area contributed by atoms with Crippen LogP contribution in [0.15, 0.2) is 11.2 Å². The normalized spacial score (nSPS) is 10.8. The van der Waals surface area contributed by atoms with Crippen molar-refractivity contribution in [1.29, 1.82) is 0 Å². The summed E-state index contributed by atoms with van der Waals surface area (Å²) in [5.41, 5.74) is 4.89. The van der Waals surface area contributed by atoms with Crippen LogP contribution in [-0.2, 0) is 16.1 Å². The highest BCUT2D eigenvalue weighted by atomic mass is 16.5. The molecule has 0 saturated heterocycles. The fraction of sp³-hybridized carbons (Fsp3) is 0.385. The van der Waals surface area contributed by atoms with E-state index in [1.165, 1.54) is 13.1 Å². The first-order valence-electron chi connectivity index (χ1n) is 5.37. The molecular formula is C13H17NO3. The van der Waals surface area contributed by atoms with Crippen LogP contribution >= 0.6 is 0 Å². The maximum Gasteiger partial charge on any atom is 0.302 e. The summed E-state index contributed by atoms with van der Waals surface area (Å²) in [6, 6.07) is 1.99. The molecule has 0 aliphatic rings. The van der Waals surface area contributed by atoms with Crippen LogP contribution in [0, 0.1) is 20.8 Å². The Morgan fingerprint density at radius 1 is 1.41 bits per heavy atom. The molecule has 0 spiro atoms. The third kappa shape index (κ3) is 3.06. The number of ether oxygens (including phenoxy) is 1. The molecule has 0 unspecified atom stereocenters. The smallest absolute Gasteiger partial charge is 0.302 e. The summed E-state index contributed by atoms with van der Waals surface area (Å²) in [4.78, 5) is 10.8. The lowest BCUT2D eigenvalue weighted by atomic mass is 9.94. The lowest BCUT2D eigenvalue weighted by molar-refractivity contribution is -0.142. The Balaban J connectivity index is 3.20. The maximum atomic E-state index is 10.8. The van der Waals surface area contributed by atoms with Crippen molar-refractivity contribution in [3.63, 3.8) is 0 Å². The summed E-state index contributed by atoms with van der Waals surface area (Å²) in [7, 11) is 0. The minimum atomic E-state index is -0.304. The van der Waals surface area contributed by atoms with Crippen molar-refractivity contribution in [1.82, 2.24) is 0 Å². The van der Waals surface area contributed by atoms with Crippen LogP contribution in [-0.4, -0.2) is 17.4 Å². The first-order valence-corrected chi connectivity index (χ1v) is 5.37. The number of hydrogen-bond donors (Lipinski definition) is 1. The number of rotatable bonds is 3. The predicted octanol–water partition coefficient (Wildman–Crippen LogP) is 2.48. The monoisotopic (exact) mass is 235 g/mol. The van der Waals surface area contributed by atoms with Crippen molar-refractivity contribution < 1.29 is 14.7 Å². The van der Waals surface area contributed by atoms with Gasteiger partial charge in [-0.05, 0) is 43.0 Å². The predicted molar refractivity (Wildman–Crippen MR) is 65.5 cm³/mol. The van der Waals surface area contributed by atoms with Crippen molar-refractivity contribution in [2.24, 2.45) is 5.16 Å². The Bertz CT molecular complexity index is 464. The molecule has 4 heteroatoms. The molecule has 0 aliphatic heterocycles. The van der Waals surface area contributed by atoms with Gasteiger partial charge in [-0.2, -0.15) is 0 Å². The first-order chi connectivity index (χ1) is 7.97. The summed E-state index contributed by atoms with van der Waals surface area (Å²) >= 11 is 0. The fourth-order valence-electron chi connectivity index (χ4n) is 1.90. The Labute approximate surface area is 101 Å². The average Bonchev–Trinajstić information content (AvgIpc) is 2.23. The van der Waals surface area contributed by atoms with Gasteiger partial charge in [-0.15, -0.1) is 0 Å². The number of carbonyl (C=O) groups excluding carboxylic acids is 1. The van der Waals surface area contributed by atoms with Crippen molar-refractivity contribution in [3.8, 4) is 0 Å². The van der Waals surface area contributed by atoms with E-state index >= 15 is 0 Å². The summed E-state index contributed by atoms with van der Waals surface area (Å²) in [6.07, 6.45) is 1.40. The summed E-state index contributed by atoms with van der Waals surface area (Å²) < 4.78 is 5.02. The van der Waals surface area contributed by atoms with E-state index in [0.29, 0.717) is 0 Å². The van der Waals surface area contributed by atoms with E-state index < -0.39 is 0 Å². The summed E-state index contributed by atoms with van der Waals surface area (Å²) in [5, 5.41) is 11.7. The van der Waals surface area contributed by atoms with Crippen LogP contribution in [0.3, 0.4) is 0 Å². The largest absolute Gasteiger partial charge is 0.461 e. The highest BCUT2D eigenvalue weighted by Crippen LogP contribution is 2.21. The molecule has 0 bridgehead atoms. The zero-order valence-electron chi connectivity index (χ0n) is 10.6. The van der Waals surface area contributed by atoms with Crippen LogP contribution in [0.5, 0.6) is 0 Å². The molecule has 0 radical (unpaired) electrons. The number of nitrogens with zero attached hydrogens (tertiary/aromatic N) is 1. The van der Waals surface area contributed by atoms with Gasteiger partial charge < -0.3 is 9.94 Å². The molecule has 0 saturated carbocycles. The second kappa shape index (κ2) is 5.48. The third-order valence-corrected chi connectivity index (χ3v) is 2.80. The van der Waals surface area contributed by atoms with E-state index in [4.69, 9.17) is 9.94 Å². The molecule has 17 heavy (non-hydrogen) atoms. The molecule has 0 aromatic heterocycles. The van der Waals surface area contributed by atoms with Crippen LogP contribution in [0.1, 0.15) is 34.7 Å². The topological polar surface area (TPSA) is 58.9 Å². The molecule has 1 N–H and O–H groups in total. The van der Waals surface area contributed by atoms with E-state index in [1.807, 2.05) is 26.8 Å². The molecule has 92 valence electrons. The Morgan fingerprint density at radius 3 is 2.59 bits per heavy atom. The van der Waals surface area contributed by atoms with Gasteiger partial charge in [0.1, 0.15) is 6.61 Å². The quantitative estimate of drug-likeness (QED) is 0.379. The van der Waals surface area contributed by atoms with Gasteiger partial charge in [0.15, 0.2) is 0 Å². The average molecular weight is 235 g/mol. The van der Waals surface area contributed by atoms with Gasteiger partial charge >= 0.3 is 5.97 Å². The molecule has 0 fully saturated rings. The van der Waals surface area contributed by atoms with E-state index in [2.05, 4.69) is 5.16 Å². The van der Waals surface area contributed by atoms with Crippen LogP contribution in [0.2, 0.25) is 0 Å². The first kappa shape index (κ1) is 13.2. The van der Waals surface area contributed by atoms with Crippen molar-refractivity contribution in [2.45, 2.75) is 34.3 Å².